The number of aromatic amines is 1. The van der Waals surface area contributed by atoms with Gasteiger partial charge in [-0.05, 0) is 30.2 Å². The number of H-pyrrole nitrogens is 1. The predicted molar refractivity (Wildman–Crippen MR) is 98.5 cm³/mol. The Bertz CT molecular complexity index is 840. The average Bonchev–Trinajstić information content (AvgIpc) is 3.12. The standard InChI is InChI=1S/C15H13N3O.C4H9NO/c1-9-2-4-10(5-3-9)11-6-12(15(16)19)13-8-17-18-14(13)7-11;1-3-6-4-2-5-1/h2-8H,1H3,(H2,16,19)(H,17,18);5H,1-4H2. The summed E-state index contributed by atoms with van der Waals surface area (Å²) in [6.45, 7) is 5.87. The van der Waals surface area contributed by atoms with E-state index in [1.807, 2.05) is 43.3 Å². The molecule has 130 valence electrons. The first-order valence-electron chi connectivity index (χ1n) is 8.27. The van der Waals surface area contributed by atoms with E-state index in [4.69, 9.17) is 10.5 Å². The van der Waals surface area contributed by atoms with Gasteiger partial charge in [-0.2, -0.15) is 5.10 Å². The van der Waals surface area contributed by atoms with Crippen LogP contribution in [0.25, 0.3) is 22.0 Å². The zero-order valence-corrected chi connectivity index (χ0v) is 14.2. The second kappa shape index (κ2) is 7.92. The number of benzene rings is 2. The third-order valence-electron chi connectivity index (χ3n) is 4.06. The number of nitrogens with zero attached hydrogens (tertiary/aromatic N) is 1. The van der Waals surface area contributed by atoms with Crippen LogP contribution in [0.1, 0.15) is 15.9 Å². The van der Waals surface area contributed by atoms with Crippen LogP contribution in [0.4, 0.5) is 0 Å². The van der Waals surface area contributed by atoms with Crippen molar-refractivity contribution in [1.82, 2.24) is 15.5 Å². The molecule has 0 radical (unpaired) electrons. The number of morpholine rings is 1. The Morgan fingerprint density at radius 1 is 1.12 bits per heavy atom. The van der Waals surface area contributed by atoms with Crippen LogP contribution in [0.15, 0.2) is 42.6 Å². The van der Waals surface area contributed by atoms with Crippen LogP contribution >= 0.6 is 0 Å². The summed E-state index contributed by atoms with van der Waals surface area (Å²) < 4.78 is 5.01. The van der Waals surface area contributed by atoms with Gasteiger partial charge in [0.05, 0.1) is 30.5 Å². The molecule has 0 aliphatic carbocycles. The number of amides is 1. The molecule has 4 N–H and O–H groups in total. The van der Waals surface area contributed by atoms with Crippen molar-refractivity contribution in [3.05, 3.63) is 53.7 Å². The molecule has 2 heterocycles. The summed E-state index contributed by atoms with van der Waals surface area (Å²) in [5.41, 5.74) is 9.92. The molecule has 4 rings (SSSR count). The fourth-order valence-corrected chi connectivity index (χ4v) is 2.68. The molecule has 1 saturated heterocycles. The fraction of sp³-hybridized carbons (Fsp3) is 0.263. The highest BCUT2D eigenvalue weighted by atomic mass is 16.5. The van der Waals surface area contributed by atoms with E-state index in [2.05, 4.69) is 15.5 Å². The normalized spacial score (nSPS) is 14.0. The summed E-state index contributed by atoms with van der Waals surface area (Å²) in [4.78, 5) is 11.5. The average molecular weight is 338 g/mol. The quantitative estimate of drug-likeness (QED) is 0.668. The summed E-state index contributed by atoms with van der Waals surface area (Å²) in [5, 5.41) is 10.8. The van der Waals surface area contributed by atoms with Crippen molar-refractivity contribution in [2.75, 3.05) is 26.3 Å². The van der Waals surface area contributed by atoms with Crippen LogP contribution in [0.5, 0.6) is 0 Å². The highest BCUT2D eigenvalue weighted by molar-refractivity contribution is 6.07. The van der Waals surface area contributed by atoms with Crippen molar-refractivity contribution in [2.24, 2.45) is 5.73 Å². The molecule has 3 aromatic rings. The number of carbonyl (C=O) groups excluding carboxylic acids is 1. The van der Waals surface area contributed by atoms with Gasteiger partial charge in [0.25, 0.3) is 0 Å². The van der Waals surface area contributed by atoms with Gasteiger partial charge in [0, 0.05) is 18.5 Å². The maximum Gasteiger partial charge on any atom is 0.249 e. The van der Waals surface area contributed by atoms with E-state index in [1.165, 1.54) is 5.56 Å². The van der Waals surface area contributed by atoms with Gasteiger partial charge < -0.3 is 15.8 Å². The van der Waals surface area contributed by atoms with Crippen LogP contribution in [0, 0.1) is 6.92 Å². The molecular formula is C19H22N4O2. The molecule has 1 amide bonds. The predicted octanol–water partition coefficient (Wildman–Crippen LogP) is 2.24. The Kier molecular flexibility index (Phi) is 5.42. The SMILES string of the molecule is C1COCCN1.Cc1ccc(-c2cc(C(N)=O)c3cn[nH]c3c2)cc1. The summed E-state index contributed by atoms with van der Waals surface area (Å²) in [6.07, 6.45) is 1.62. The van der Waals surface area contributed by atoms with Gasteiger partial charge in [0.1, 0.15) is 0 Å². The van der Waals surface area contributed by atoms with Crippen molar-refractivity contribution in [1.29, 1.82) is 0 Å². The number of hydrogen-bond acceptors (Lipinski definition) is 4. The Labute approximate surface area is 146 Å². The maximum absolute atomic E-state index is 11.5. The molecule has 6 heteroatoms. The first-order chi connectivity index (χ1) is 12.1. The smallest absolute Gasteiger partial charge is 0.249 e. The van der Waals surface area contributed by atoms with E-state index in [0.717, 1.165) is 48.3 Å². The molecule has 0 spiro atoms. The largest absolute Gasteiger partial charge is 0.379 e. The van der Waals surface area contributed by atoms with Crippen LogP contribution < -0.4 is 11.1 Å². The van der Waals surface area contributed by atoms with Crippen molar-refractivity contribution in [3.63, 3.8) is 0 Å². The van der Waals surface area contributed by atoms with Crippen LogP contribution in [-0.2, 0) is 4.74 Å². The van der Waals surface area contributed by atoms with Crippen molar-refractivity contribution in [2.45, 2.75) is 6.92 Å². The molecule has 0 saturated carbocycles. The topological polar surface area (TPSA) is 93.0 Å². The first-order valence-corrected chi connectivity index (χ1v) is 8.27. The highest BCUT2D eigenvalue weighted by Crippen LogP contribution is 2.26. The molecule has 0 unspecified atom stereocenters. The summed E-state index contributed by atoms with van der Waals surface area (Å²) >= 11 is 0. The number of nitrogens with one attached hydrogen (secondary N) is 2. The minimum Gasteiger partial charge on any atom is -0.379 e. The third kappa shape index (κ3) is 4.23. The second-order valence-electron chi connectivity index (χ2n) is 5.95. The summed E-state index contributed by atoms with van der Waals surface area (Å²) in [6, 6.07) is 11.9. The Hall–Kier alpha value is -2.70. The lowest BCUT2D eigenvalue weighted by Crippen LogP contribution is -2.30. The van der Waals surface area contributed by atoms with E-state index < -0.39 is 5.91 Å². The number of aromatic nitrogens is 2. The zero-order chi connectivity index (χ0) is 17.6. The number of ether oxygens (including phenoxy) is 1. The number of primary amides is 1. The van der Waals surface area contributed by atoms with Gasteiger partial charge in [0.15, 0.2) is 0 Å². The molecule has 0 atom stereocenters. The van der Waals surface area contributed by atoms with E-state index in [9.17, 15) is 4.79 Å². The number of rotatable bonds is 2. The molecule has 1 aliphatic rings. The number of carbonyl (C=O) groups is 1. The molecule has 0 bridgehead atoms. The van der Waals surface area contributed by atoms with Gasteiger partial charge in [-0.25, -0.2) is 0 Å². The molecule has 25 heavy (non-hydrogen) atoms. The lowest BCUT2D eigenvalue weighted by atomic mass is 9.99. The van der Waals surface area contributed by atoms with Crippen LogP contribution in [-0.4, -0.2) is 42.4 Å². The molecular weight excluding hydrogens is 316 g/mol. The van der Waals surface area contributed by atoms with Crippen molar-refractivity contribution in [3.8, 4) is 11.1 Å². The Morgan fingerprint density at radius 2 is 1.84 bits per heavy atom. The number of aryl methyl sites for hydroxylation is 1. The van der Waals surface area contributed by atoms with Crippen LogP contribution in [0.3, 0.4) is 0 Å². The summed E-state index contributed by atoms with van der Waals surface area (Å²) in [5.74, 6) is -0.444. The molecule has 6 nitrogen and oxygen atoms in total. The van der Waals surface area contributed by atoms with Gasteiger partial charge in [-0.15, -0.1) is 0 Å². The lowest BCUT2D eigenvalue weighted by molar-refractivity contribution is 0.100. The van der Waals surface area contributed by atoms with E-state index in [-0.39, 0.29) is 0 Å². The Morgan fingerprint density at radius 3 is 2.40 bits per heavy atom. The second-order valence-corrected chi connectivity index (χ2v) is 5.95. The number of nitrogens with two attached hydrogens (primary N) is 1. The maximum atomic E-state index is 11.5. The molecule has 1 aliphatic heterocycles. The van der Waals surface area contributed by atoms with Crippen molar-refractivity contribution >= 4 is 16.8 Å². The minimum atomic E-state index is -0.444. The fourth-order valence-electron chi connectivity index (χ4n) is 2.68. The van der Waals surface area contributed by atoms with Crippen molar-refractivity contribution < 1.29 is 9.53 Å². The highest BCUT2D eigenvalue weighted by Gasteiger charge is 2.11. The number of hydrogen-bond donors (Lipinski definition) is 3. The third-order valence-corrected chi connectivity index (χ3v) is 4.06. The molecule has 1 fully saturated rings. The van der Waals surface area contributed by atoms with Gasteiger partial charge in [-0.3, -0.25) is 9.89 Å². The summed E-state index contributed by atoms with van der Waals surface area (Å²) in [7, 11) is 0. The number of fused-ring (bicyclic) bond motifs is 1. The Balaban J connectivity index is 0.000000258. The molecule has 2 aromatic carbocycles. The van der Waals surface area contributed by atoms with Gasteiger partial charge in [-0.1, -0.05) is 29.8 Å². The first kappa shape index (κ1) is 17.1. The van der Waals surface area contributed by atoms with E-state index in [1.54, 1.807) is 6.20 Å². The van der Waals surface area contributed by atoms with E-state index >= 15 is 0 Å². The lowest BCUT2D eigenvalue weighted by Gasteiger charge is -2.10. The van der Waals surface area contributed by atoms with E-state index in [0.29, 0.717) is 5.56 Å². The monoisotopic (exact) mass is 338 g/mol. The van der Waals surface area contributed by atoms with Gasteiger partial charge >= 0.3 is 0 Å². The van der Waals surface area contributed by atoms with Gasteiger partial charge in [0.2, 0.25) is 5.91 Å². The zero-order valence-electron chi connectivity index (χ0n) is 14.2. The minimum absolute atomic E-state index is 0.444. The molecule has 1 aromatic heterocycles. The van der Waals surface area contributed by atoms with Crippen LogP contribution in [0.2, 0.25) is 0 Å².